The van der Waals surface area contributed by atoms with Gasteiger partial charge in [0.15, 0.2) is 0 Å². The Labute approximate surface area is 109 Å². The lowest BCUT2D eigenvalue weighted by Gasteiger charge is -2.12. The van der Waals surface area contributed by atoms with E-state index in [1.165, 1.54) is 4.90 Å². The summed E-state index contributed by atoms with van der Waals surface area (Å²) in [5.74, 6) is 0.516. The molecule has 0 aromatic carbocycles. The predicted octanol–water partition coefficient (Wildman–Crippen LogP) is 1.21. The van der Waals surface area contributed by atoms with Crippen molar-refractivity contribution >= 4 is 40.4 Å². The third-order valence-corrected chi connectivity index (χ3v) is 3.41. The van der Waals surface area contributed by atoms with E-state index in [4.69, 9.17) is 11.6 Å². The van der Waals surface area contributed by atoms with Crippen LogP contribution in [-0.4, -0.2) is 46.7 Å². The Morgan fingerprint density at radius 3 is 2.76 bits per heavy atom. The van der Waals surface area contributed by atoms with E-state index in [0.717, 1.165) is 24.6 Å². The van der Waals surface area contributed by atoms with Gasteiger partial charge in [-0.3, -0.25) is 19.3 Å². The maximum atomic E-state index is 11.3. The van der Waals surface area contributed by atoms with Gasteiger partial charge in [-0.2, -0.15) is 0 Å². The number of rotatable bonds is 7. The Kier molecular flexibility index (Phi) is 6.36. The summed E-state index contributed by atoms with van der Waals surface area (Å²) in [5, 5.41) is 2.44. The first kappa shape index (κ1) is 14.3. The third kappa shape index (κ3) is 4.95. The van der Waals surface area contributed by atoms with E-state index in [-0.39, 0.29) is 29.4 Å². The topological polar surface area (TPSA) is 66.5 Å². The second-order valence-electron chi connectivity index (χ2n) is 3.60. The molecule has 0 aromatic rings. The Bertz CT molecular complexity index is 296. The maximum Gasteiger partial charge on any atom is 0.288 e. The molecular formula is C10H15ClN2O3S. The smallest absolute Gasteiger partial charge is 0.288 e. The van der Waals surface area contributed by atoms with Crippen LogP contribution in [-0.2, 0) is 9.59 Å². The summed E-state index contributed by atoms with van der Waals surface area (Å²) >= 11 is 6.49. The summed E-state index contributed by atoms with van der Waals surface area (Å²) in [6.07, 6.45) is 2.00. The minimum atomic E-state index is -0.230. The summed E-state index contributed by atoms with van der Waals surface area (Å²) < 4.78 is 0. The van der Waals surface area contributed by atoms with Crippen LogP contribution in [0.5, 0.6) is 0 Å². The molecule has 3 amide bonds. The SMILES string of the molecule is O=C(CCCCCl)NCCN1C(=O)CSC1=O. The number of imide groups is 1. The lowest BCUT2D eigenvalue weighted by molar-refractivity contribution is -0.125. The molecule has 1 aliphatic heterocycles. The monoisotopic (exact) mass is 278 g/mol. The number of amides is 3. The van der Waals surface area contributed by atoms with Gasteiger partial charge >= 0.3 is 0 Å². The zero-order valence-electron chi connectivity index (χ0n) is 9.41. The summed E-state index contributed by atoms with van der Waals surface area (Å²) in [6.45, 7) is 0.573. The average molecular weight is 279 g/mol. The first-order valence-electron chi connectivity index (χ1n) is 5.45. The van der Waals surface area contributed by atoms with E-state index in [2.05, 4.69) is 5.32 Å². The van der Waals surface area contributed by atoms with Crippen LogP contribution < -0.4 is 5.32 Å². The van der Waals surface area contributed by atoms with Crippen LogP contribution in [0.15, 0.2) is 0 Å². The maximum absolute atomic E-state index is 11.3. The van der Waals surface area contributed by atoms with Crippen molar-refractivity contribution in [3.05, 3.63) is 0 Å². The highest BCUT2D eigenvalue weighted by molar-refractivity contribution is 8.14. The van der Waals surface area contributed by atoms with E-state index in [9.17, 15) is 14.4 Å². The van der Waals surface area contributed by atoms with Crippen LogP contribution in [0.25, 0.3) is 0 Å². The molecule has 1 rings (SSSR count). The standard InChI is InChI=1S/C10H15ClN2O3S/c11-4-2-1-3-8(14)12-5-6-13-9(15)7-17-10(13)16/h1-7H2,(H,12,14). The zero-order chi connectivity index (χ0) is 12.7. The number of hydrogen-bond acceptors (Lipinski definition) is 4. The number of alkyl halides is 1. The van der Waals surface area contributed by atoms with E-state index in [1.54, 1.807) is 0 Å². The normalized spacial score (nSPS) is 15.5. The fourth-order valence-electron chi connectivity index (χ4n) is 1.37. The molecule has 0 aliphatic carbocycles. The number of carbonyl (C=O) groups excluding carboxylic acids is 3. The molecule has 1 aliphatic rings. The average Bonchev–Trinajstić information content (AvgIpc) is 2.61. The van der Waals surface area contributed by atoms with Gasteiger partial charge in [-0.05, 0) is 12.8 Å². The first-order chi connectivity index (χ1) is 8.15. The fourth-order valence-corrected chi connectivity index (χ4v) is 2.31. The molecule has 0 unspecified atom stereocenters. The number of thioether (sulfide) groups is 1. The van der Waals surface area contributed by atoms with Gasteiger partial charge < -0.3 is 5.32 Å². The second kappa shape index (κ2) is 7.55. The van der Waals surface area contributed by atoms with Crippen LogP contribution >= 0.6 is 23.4 Å². The number of hydrogen-bond donors (Lipinski definition) is 1. The van der Waals surface area contributed by atoms with Crippen LogP contribution in [0.4, 0.5) is 4.79 Å². The molecule has 0 radical (unpaired) electrons. The van der Waals surface area contributed by atoms with Crippen LogP contribution in [0.1, 0.15) is 19.3 Å². The van der Waals surface area contributed by atoms with Crippen molar-refractivity contribution in [2.75, 3.05) is 24.7 Å². The molecule has 1 saturated heterocycles. The minimum absolute atomic E-state index is 0.0677. The minimum Gasteiger partial charge on any atom is -0.354 e. The highest BCUT2D eigenvalue weighted by atomic mass is 35.5. The summed E-state index contributed by atoms with van der Waals surface area (Å²) in [4.78, 5) is 34.9. The zero-order valence-corrected chi connectivity index (χ0v) is 11.0. The highest BCUT2D eigenvalue weighted by Gasteiger charge is 2.29. The molecule has 1 N–H and O–H groups in total. The molecule has 7 heteroatoms. The molecule has 17 heavy (non-hydrogen) atoms. The molecule has 0 spiro atoms. The van der Waals surface area contributed by atoms with E-state index in [0.29, 0.717) is 18.8 Å². The van der Waals surface area contributed by atoms with E-state index < -0.39 is 0 Å². The molecule has 0 bridgehead atoms. The Morgan fingerprint density at radius 2 is 2.18 bits per heavy atom. The van der Waals surface area contributed by atoms with Gasteiger partial charge in [-0.15, -0.1) is 11.6 Å². The van der Waals surface area contributed by atoms with Crippen molar-refractivity contribution in [2.45, 2.75) is 19.3 Å². The van der Waals surface area contributed by atoms with Crippen molar-refractivity contribution in [3.8, 4) is 0 Å². The quantitative estimate of drug-likeness (QED) is 0.561. The molecule has 1 heterocycles. The molecule has 5 nitrogen and oxygen atoms in total. The van der Waals surface area contributed by atoms with Crippen LogP contribution in [0.3, 0.4) is 0 Å². The first-order valence-corrected chi connectivity index (χ1v) is 6.97. The van der Waals surface area contributed by atoms with Gasteiger partial charge in [0.25, 0.3) is 5.24 Å². The van der Waals surface area contributed by atoms with Gasteiger partial charge in [-0.25, -0.2) is 0 Å². The van der Waals surface area contributed by atoms with Crippen LogP contribution in [0, 0.1) is 0 Å². The van der Waals surface area contributed by atoms with Crippen LogP contribution in [0.2, 0.25) is 0 Å². The number of halogens is 1. The Balaban J connectivity index is 2.12. The number of nitrogens with one attached hydrogen (secondary N) is 1. The Hall–Kier alpha value is -0.750. The molecule has 0 atom stereocenters. The van der Waals surface area contributed by atoms with E-state index >= 15 is 0 Å². The second-order valence-corrected chi connectivity index (χ2v) is 4.90. The van der Waals surface area contributed by atoms with Gasteiger partial charge in [0.2, 0.25) is 11.8 Å². The lowest BCUT2D eigenvalue weighted by atomic mass is 10.2. The summed E-state index contributed by atoms with van der Waals surface area (Å²) in [5.41, 5.74) is 0. The molecule has 96 valence electrons. The fraction of sp³-hybridized carbons (Fsp3) is 0.700. The summed E-state index contributed by atoms with van der Waals surface area (Å²) in [7, 11) is 0. The Morgan fingerprint density at radius 1 is 1.41 bits per heavy atom. The van der Waals surface area contributed by atoms with Gasteiger partial charge in [0, 0.05) is 25.4 Å². The predicted molar refractivity (Wildman–Crippen MR) is 67.1 cm³/mol. The number of carbonyl (C=O) groups is 3. The van der Waals surface area contributed by atoms with Crippen molar-refractivity contribution < 1.29 is 14.4 Å². The molecule has 0 saturated carbocycles. The van der Waals surface area contributed by atoms with Crippen molar-refractivity contribution in [1.29, 1.82) is 0 Å². The van der Waals surface area contributed by atoms with Crippen molar-refractivity contribution in [3.63, 3.8) is 0 Å². The summed E-state index contributed by atoms with van der Waals surface area (Å²) in [6, 6.07) is 0. The number of unbranched alkanes of at least 4 members (excludes halogenated alkanes) is 1. The highest BCUT2D eigenvalue weighted by Crippen LogP contribution is 2.17. The molecule has 0 aromatic heterocycles. The lowest BCUT2D eigenvalue weighted by Crippen LogP contribution is -2.37. The third-order valence-electron chi connectivity index (χ3n) is 2.29. The largest absolute Gasteiger partial charge is 0.354 e. The van der Waals surface area contributed by atoms with Crippen molar-refractivity contribution in [1.82, 2.24) is 10.2 Å². The van der Waals surface area contributed by atoms with Gasteiger partial charge in [0.1, 0.15) is 0 Å². The van der Waals surface area contributed by atoms with Gasteiger partial charge in [0.05, 0.1) is 5.75 Å². The molecular weight excluding hydrogens is 264 g/mol. The van der Waals surface area contributed by atoms with Crippen molar-refractivity contribution in [2.24, 2.45) is 0 Å². The van der Waals surface area contributed by atoms with E-state index in [1.807, 2.05) is 0 Å². The molecule has 1 fully saturated rings. The number of nitrogens with zero attached hydrogens (tertiary/aromatic N) is 1. The van der Waals surface area contributed by atoms with Gasteiger partial charge in [-0.1, -0.05) is 11.8 Å².